The molecular weight excluding hydrogens is 563 g/mol. The summed E-state index contributed by atoms with van der Waals surface area (Å²) in [5.41, 5.74) is 1.68. The highest BCUT2D eigenvalue weighted by molar-refractivity contribution is 7.90. The van der Waals surface area contributed by atoms with E-state index in [2.05, 4.69) is 10.3 Å². The van der Waals surface area contributed by atoms with Crippen molar-refractivity contribution in [2.45, 2.75) is 43.9 Å². The Labute approximate surface area is 238 Å². The van der Waals surface area contributed by atoms with E-state index in [1.54, 1.807) is 43.5 Å². The number of hydrogen-bond donors (Lipinski definition) is 1. The molecule has 1 heterocycles. The number of nitrogens with zero attached hydrogens (tertiary/aromatic N) is 1. The monoisotopic (exact) mass is 592 g/mol. The van der Waals surface area contributed by atoms with Crippen LogP contribution in [0.25, 0.3) is 11.3 Å². The van der Waals surface area contributed by atoms with Crippen molar-refractivity contribution in [2.75, 3.05) is 24.8 Å². The molecule has 0 spiro atoms. The van der Waals surface area contributed by atoms with Crippen LogP contribution in [0.1, 0.15) is 49.4 Å². The van der Waals surface area contributed by atoms with Crippen LogP contribution < -0.4 is 10.1 Å². The van der Waals surface area contributed by atoms with Crippen molar-refractivity contribution in [1.82, 2.24) is 4.98 Å². The van der Waals surface area contributed by atoms with Crippen molar-refractivity contribution in [1.29, 1.82) is 0 Å². The smallest absolute Gasteiger partial charge is 0.305 e. The first-order chi connectivity index (χ1) is 18.6. The number of sulfone groups is 1. The van der Waals surface area contributed by atoms with E-state index in [0.717, 1.165) is 31.9 Å². The summed E-state index contributed by atoms with van der Waals surface area (Å²) in [6.45, 7) is 2.75. The predicted octanol–water partition coefficient (Wildman–Crippen LogP) is 6.60. The first-order valence-corrected chi connectivity index (χ1v) is 15.1. The van der Waals surface area contributed by atoms with Crippen molar-refractivity contribution in [3.63, 3.8) is 0 Å². The highest BCUT2D eigenvalue weighted by Crippen LogP contribution is 2.34. The molecule has 3 rings (SSSR count). The largest absolute Gasteiger partial charge is 0.492 e. The van der Waals surface area contributed by atoms with Gasteiger partial charge in [0.05, 0.1) is 51.3 Å². The number of ether oxygens (including phenoxy) is 2. The molecule has 0 radical (unpaired) electrons. The fourth-order valence-corrected chi connectivity index (χ4v) is 4.95. The zero-order valence-corrected chi connectivity index (χ0v) is 24.0. The number of unbranched alkanes of at least 4 members (excludes halogenated alkanes) is 3. The second-order valence-corrected chi connectivity index (χ2v) is 11.5. The van der Waals surface area contributed by atoms with Gasteiger partial charge in [0.15, 0.2) is 9.84 Å². The Morgan fingerprint density at radius 3 is 2.44 bits per heavy atom. The molecule has 0 aliphatic carbocycles. The molecular formula is C28H30Cl2N2O6S. The van der Waals surface area contributed by atoms with Crippen LogP contribution in [0, 0.1) is 0 Å². The molecule has 8 nitrogen and oxygen atoms in total. The molecule has 0 unspecified atom stereocenters. The number of hydrogen-bond acceptors (Lipinski definition) is 7. The van der Waals surface area contributed by atoms with Gasteiger partial charge in [0, 0.05) is 18.2 Å². The first kappa shape index (κ1) is 30.4. The summed E-state index contributed by atoms with van der Waals surface area (Å²) in [6.07, 6.45) is 6.67. The third-order valence-corrected chi connectivity index (χ3v) is 7.55. The number of carbonyl (C=O) groups excluding carboxylic acids is 2. The summed E-state index contributed by atoms with van der Waals surface area (Å²) in [7, 11) is -3.45. The number of rotatable bonds is 13. The molecule has 0 saturated heterocycles. The third kappa shape index (κ3) is 8.95. The van der Waals surface area contributed by atoms with Gasteiger partial charge in [0.2, 0.25) is 0 Å². The number of amides is 1. The van der Waals surface area contributed by atoms with Gasteiger partial charge in [-0.25, -0.2) is 8.42 Å². The molecule has 1 aromatic heterocycles. The maximum atomic E-state index is 12.8. The van der Waals surface area contributed by atoms with Gasteiger partial charge in [-0.15, -0.1) is 0 Å². The average Bonchev–Trinajstić information content (AvgIpc) is 2.89. The maximum Gasteiger partial charge on any atom is 0.305 e. The molecule has 0 aliphatic rings. The summed E-state index contributed by atoms with van der Waals surface area (Å²) >= 11 is 12.8. The van der Waals surface area contributed by atoms with E-state index in [0.29, 0.717) is 47.4 Å². The Morgan fingerprint density at radius 1 is 1.00 bits per heavy atom. The van der Waals surface area contributed by atoms with Gasteiger partial charge in [0.1, 0.15) is 5.75 Å². The standard InChI is InChI=1S/C28H30Cl2N2O6S/c1-3-37-26(33)11-6-4-5-7-16-38-19-12-15-24(31-18-19)22-9-8-10-25(27(22)30)32-28(34)21-14-13-20(17-23(21)29)39(2,35)36/h8-10,12-15,17-18H,3-7,11,16H2,1-2H3,(H,32,34). The number of aromatic nitrogens is 1. The van der Waals surface area contributed by atoms with Gasteiger partial charge in [-0.2, -0.15) is 0 Å². The third-order valence-electron chi connectivity index (χ3n) is 5.72. The zero-order valence-electron chi connectivity index (χ0n) is 21.7. The molecule has 0 saturated carbocycles. The SMILES string of the molecule is CCOC(=O)CCCCCCOc1ccc(-c2cccc(NC(=O)c3ccc(S(C)(=O)=O)cc3Cl)c2Cl)nc1. The van der Waals surface area contributed by atoms with E-state index in [1.807, 2.05) is 0 Å². The molecule has 0 fully saturated rings. The molecule has 2 aromatic carbocycles. The van der Waals surface area contributed by atoms with Crippen LogP contribution in [0.2, 0.25) is 10.0 Å². The number of benzene rings is 2. The minimum absolute atomic E-state index is 0.0108. The van der Waals surface area contributed by atoms with Crippen LogP contribution in [0.15, 0.2) is 59.6 Å². The lowest BCUT2D eigenvalue weighted by Gasteiger charge is -2.12. The summed E-state index contributed by atoms with van der Waals surface area (Å²) in [5, 5.41) is 3.03. The first-order valence-electron chi connectivity index (χ1n) is 12.4. The van der Waals surface area contributed by atoms with Crippen molar-refractivity contribution in [2.24, 2.45) is 0 Å². The Kier molecular flexibility index (Phi) is 11.2. The molecule has 1 N–H and O–H groups in total. The lowest BCUT2D eigenvalue weighted by molar-refractivity contribution is -0.143. The van der Waals surface area contributed by atoms with Crippen LogP contribution in [0.4, 0.5) is 5.69 Å². The molecule has 0 aliphatic heterocycles. The van der Waals surface area contributed by atoms with Crippen molar-refractivity contribution in [3.8, 4) is 17.0 Å². The topological polar surface area (TPSA) is 112 Å². The molecule has 39 heavy (non-hydrogen) atoms. The van der Waals surface area contributed by atoms with Crippen LogP contribution in [-0.4, -0.2) is 44.7 Å². The quantitative estimate of drug-likeness (QED) is 0.176. The number of nitrogens with one attached hydrogen (secondary N) is 1. The van der Waals surface area contributed by atoms with E-state index in [9.17, 15) is 18.0 Å². The van der Waals surface area contributed by atoms with E-state index >= 15 is 0 Å². The number of carbonyl (C=O) groups is 2. The molecule has 0 atom stereocenters. The number of esters is 1. The summed E-state index contributed by atoms with van der Waals surface area (Å²) in [6, 6.07) is 12.7. The van der Waals surface area contributed by atoms with Crippen LogP contribution in [0.5, 0.6) is 5.75 Å². The number of anilines is 1. The van der Waals surface area contributed by atoms with Crippen molar-refractivity contribution in [3.05, 3.63) is 70.3 Å². The molecule has 1 amide bonds. The van der Waals surface area contributed by atoms with E-state index in [4.69, 9.17) is 32.7 Å². The van der Waals surface area contributed by atoms with E-state index in [-0.39, 0.29) is 21.5 Å². The summed E-state index contributed by atoms with van der Waals surface area (Å²) < 4.78 is 34.1. The molecule has 0 bridgehead atoms. The molecule has 3 aromatic rings. The summed E-state index contributed by atoms with van der Waals surface area (Å²) in [4.78, 5) is 28.6. The van der Waals surface area contributed by atoms with Gasteiger partial charge < -0.3 is 14.8 Å². The van der Waals surface area contributed by atoms with Crippen LogP contribution in [0.3, 0.4) is 0 Å². The average molecular weight is 594 g/mol. The second-order valence-electron chi connectivity index (χ2n) is 8.73. The van der Waals surface area contributed by atoms with Gasteiger partial charge in [-0.05, 0) is 56.2 Å². The van der Waals surface area contributed by atoms with Crippen LogP contribution in [-0.2, 0) is 19.4 Å². The Hall–Kier alpha value is -3.14. The Bertz CT molecular complexity index is 1410. The molecule has 208 valence electrons. The highest BCUT2D eigenvalue weighted by atomic mass is 35.5. The van der Waals surface area contributed by atoms with Gasteiger partial charge in [-0.3, -0.25) is 14.6 Å². The number of pyridine rings is 1. The maximum absolute atomic E-state index is 12.8. The predicted molar refractivity (Wildman–Crippen MR) is 152 cm³/mol. The van der Waals surface area contributed by atoms with Crippen molar-refractivity contribution < 1.29 is 27.5 Å². The van der Waals surface area contributed by atoms with Crippen molar-refractivity contribution >= 4 is 50.6 Å². The molecule has 11 heteroatoms. The fourth-order valence-electron chi connectivity index (χ4n) is 3.70. The Balaban J connectivity index is 1.57. The van der Waals surface area contributed by atoms with Gasteiger partial charge >= 0.3 is 5.97 Å². The lowest BCUT2D eigenvalue weighted by Crippen LogP contribution is -2.13. The van der Waals surface area contributed by atoms with Gasteiger partial charge in [0.25, 0.3) is 5.91 Å². The van der Waals surface area contributed by atoms with E-state index < -0.39 is 15.7 Å². The minimum atomic E-state index is -3.45. The highest BCUT2D eigenvalue weighted by Gasteiger charge is 2.17. The summed E-state index contributed by atoms with van der Waals surface area (Å²) in [5.74, 6) is -0.0618. The normalized spacial score (nSPS) is 11.2. The van der Waals surface area contributed by atoms with E-state index in [1.165, 1.54) is 18.2 Å². The zero-order chi connectivity index (χ0) is 28.4. The lowest BCUT2D eigenvalue weighted by atomic mass is 10.1. The second kappa shape index (κ2) is 14.3. The van der Waals surface area contributed by atoms with Crippen LogP contribution >= 0.6 is 23.2 Å². The number of halogens is 2. The fraction of sp³-hybridized carbons (Fsp3) is 0.321. The Morgan fingerprint density at radius 2 is 1.77 bits per heavy atom. The van der Waals surface area contributed by atoms with Gasteiger partial charge in [-0.1, -0.05) is 48.2 Å². The minimum Gasteiger partial charge on any atom is -0.492 e.